The van der Waals surface area contributed by atoms with Gasteiger partial charge in [0.25, 0.3) is 0 Å². The van der Waals surface area contributed by atoms with Gasteiger partial charge in [0.15, 0.2) is 0 Å². The highest BCUT2D eigenvalue weighted by molar-refractivity contribution is 5.78. The Hall–Kier alpha value is -2.39. The van der Waals surface area contributed by atoms with Gasteiger partial charge in [-0.2, -0.15) is 0 Å². The average molecular weight is 265 g/mol. The molecule has 100 valence electrons. The van der Waals surface area contributed by atoms with Gasteiger partial charge in [-0.3, -0.25) is 0 Å². The molecule has 1 aromatic heterocycles. The van der Waals surface area contributed by atoms with Gasteiger partial charge in [-0.05, 0) is 30.2 Å². The van der Waals surface area contributed by atoms with E-state index in [0.717, 1.165) is 22.2 Å². The number of fused-ring (bicyclic) bond motifs is 1. The Morgan fingerprint density at radius 3 is 2.60 bits per heavy atom. The molecule has 0 amide bonds. The number of nitrogens with zero attached hydrogens (tertiary/aromatic N) is 1. The zero-order valence-electron chi connectivity index (χ0n) is 11.0. The van der Waals surface area contributed by atoms with Crippen LogP contribution in [0.1, 0.15) is 5.56 Å². The lowest BCUT2D eigenvalue weighted by Crippen LogP contribution is -1.96. The summed E-state index contributed by atoms with van der Waals surface area (Å²) >= 11 is 0. The van der Waals surface area contributed by atoms with Gasteiger partial charge in [0.05, 0.1) is 5.52 Å². The highest BCUT2D eigenvalue weighted by Gasteiger charge is 2.05. The van der Waals surface area contributed by atoms with Crippen molar-refractivity contribution in [3.05, 3.63) is 66.2 Å². The van der Waals surface area contributed by atoms with Crippen LogP contribution in [0, 0.1) is 0 Å². The Kier molecular flexibility index (Phi) is 3.61. The molecule has 0 aliphatic carbocycles. The van der Waals surface area contributed by atoms with Gasteiger partial charge in [0.2, 0.25) is 5.88 Å². The smallest absolute Gasteiger partial charge is 0.219 e. The van der Waals surface area contributed by atoms with Crippen molar-refractivity contribution < 1.29 is 9.84 Å². The van der Waals surface area contributed by atoms with E-state index in [1.54, 1.807) is 0 Å². The standard InChI is InChI=1S/C17H15NO2/c19-12-11-14-6-2-4-8-16(14)20-17-10-9-13-5-1-3-7-15(13)18-17/h1-10,19H,11-12H2. The highest BCUT2D eigenvalue weighted by atomic mass is 16.5. The van der Waals surface area contributed by atoms with E-state index in [0.29, 0.717) is 12.3 Å². The van der Waals surface area contributed by atoms with Gasteiger partial charge in [-0.25, -0.2) is 4.98 Å². The molecule has 0 atom stereocenters. The Balaban J connectivity index is 1.93. The minimum atomic E-state index is 0.103. The Bertz CT molecular complexity index is 725. The molecule has 20 heavy (non-hydrogen) atoms. The highest BCUT2D eigenvalue weighted by Crippen LogP contribution is 2.25. The third kappa shape index (κ3) is 2.63. The van der Waals surface area contributed by atoms with Crippen molar-refractivity contribution in [1.29, 1.82) is 0 Å². The van der Waals surface area contributed by atoms with E-state index in [4.69, 9.17) is 9.84 Å². The summed E-state index contributed by atoms with van der Waals surface area (Å²) in [5.41, 5.74) is 1.88. The van der Waals surface area contributed by atoms with E-state index in [1.165, 1.54) is 0 Å². The molecule has 0 bridgehead atoms. The molecule has 1 N–H and O–H groups in total. The zero-order chi connectivity index (χ0) is 13.8. The molecule has 0 fully saturated rings. The second-order valence-electron chi connectivity index (χ2n) is 4.53. The molecule has 0 aliphatic rings. The van der Waals surface area contributed by atoms with Crippen LogP contribution in [0.4, 0.5) is 0 Å². The number of para-hydroxylation sites is 2. The van der Waals surface area contributed by atoms with Gasteiger partial charge < -0.3 is 9.84 Å². The van der Waals surface area contributed by atoms with Crippen molar-refractivity contribution >= 4 is 10.9 Å². The monoisotopic (exact) mass is 265 g/mol. The minimum absolute atomic E-state index is 0.103. The third-order valence-electron chi connectivity index (χ3n) is 3.14. The summed E-state index contributed by atoms with van der Waals surface area (Å²) in [5, 5.41) is 10.2. The SMILES string of the molecule is OCCc1ccccc1Oc1ccc2ccccc2n1. The van der Waals surface area contributed by atoms with E-state index >= 15 is 0 Å². The minimum Gasteiger partial charge on any atom is -0.439 e. The van der Waals surface area contributed by atoms with E-state index in [-0.39, 0.29) is 6.61 Å². The summed E-state index contributed by atoms with van der Waals surface area (Å²) in [7, 11) is 0. The summed E-state index contributed by atoms with van der Waals surface area (Å²) in [6, 6.07) is 19.5. The largest absolute Gasteiger partial charge is 0.439 e. The maximum Gasteiger partial charge on any atom is 0.219 e. The predicted octanol–water partition coefficient (Wildman–Crippen LogP) is 3.56. The lowest BCUT2D eigenvalue weighted by molar-refractivity contribution is 0.297. The van der Waals surface area contributed by atoms with Crippen LogP contribution >= 0.6 is 0 Å². The van der Waals surface area contributed by atoms with Gasteiger partial charge in [0.1, 0.15) is 5.75 Å². The molecule has 0 radical (unpaired) electrons. The van der Waals surface area contributed by atoms with Crippen molar-refractivity contribution in [1.82, 2.24) is 4.98 Å². The van der Waals surface area contributed by atoms with Crippen molar-refractivity contribution in [2.75, 3.05) is 6.61 Å². The van der Waals surface area contributed by atoms with Crippen LogP contribution in [0.15, 0.2) is 60.7 Å². The van der Waals surface area contributed by atoms with Crippen LogP contribution in [-0.4, -0.2) is 16.7 Å². The number of hydrogen-bond acceptors (Lipinski definition) is 3. The zero-order valence-corrected chi connectivity index (χ0v) is 11.0. The maximum atomic E-state index is 9.08. The molecule has 0 saturated heterocycles. The Morgan fingerprint density at radius 2 is 1.70 bits per heavy atom. The lowest BCUT2D eigenvalue weighted by atomic mass is 10.1. The second kappa shape index (κ2) is 5.72. The van der Waals surface area contributed by atoms with Crippen LogP contribution in [0.5, 0.6) is 11.6 Å². The molecule has 0 unspecified atom stereocenters. The van der Waals surface area contributed by atoms with E-state index in [1.807, 2.05) is 60.7 Å². The predicted molar refractivity (Wildman–Crippen MR) is 79.0 cm³/mol. The van der Waals surface area contributed by atoms with Crippen LogP contribution in [0.3, 0.4) is 0 Å². The number of ether oxygens (including phenoxy) is 1. The molecule has 0 saturated carbocycles. The van der Waals surface area contributed by atoms with Crippen LogP contribution in [0.25, 0.3) is 10.9 Å². The van der Waals surface area contributed by atoms with Crippen LogP contribution in [0.2, 0.25) is 0 Å². The molecule has 3 aromatic rings. The molecule has 2 aromatic carbocycles. The molecule has 1 heterocycles. The number of rotatable bonds is 4. The number of aromatic nitrogens is 1. The number of benzene rings is 2. The van der Waals surface area contributed by atoms with E-state index < -0.39 is 0 Å². The van der Waals surface area contributed by atoms with E-state index in [9.17, 15) is 0 Å². The topological polar surface area (TPSA) is 42.4 Å². The Labute approximate surface area is 117 Å². The van der Waals surface area contributed by atoms with Crippen molar-refractivity contribution in [2.24, 2.45) is 0 Å². The summed E-state index contributed by atoms with van der Waals surface area (Å²) in [4.78, 5) is 4.49. The molecule has 3 rings (SSSR count). The molecule has 0 aliphatic heterocycles. The Morgan fingerprint density at radius 1 is 0.900 bits per heavy atom. The summed E-state index contributed by atoms with van der Waals surface area (Å²) in [5.74, 6) is 1.30. The first-order valence-corrected chi connectivity index (χ1v) is 6.59. The molecule has 3 heteroatoms. The number of hydrogen-bond donors (Lipinski definition) is 1. The maximum absolute atomic E-state index is 9.08. The fourth-order valence-corrected chi connectivity index (χ4v) is 2.15. The summed E-state index contributed by atoms with van der Waals surface area (Å²) < 4.78 is 5.85. The fraction of sp³-hybridized carbons (Fsp3) is 0.118. The van der Waals surface area contributed by atoms with Crippen LogP contribution < -0.4 is 4.74 Å². The van der Waals surface area contributed by atoms with E-state index in [2.05, 4.69) is 4.98 Å². The lowest BCUT2D eigenvalue weighted by Gasteiger charge is -2.10. The van der Waals surface area contributed by atoms with Gasteiger partial charge in [-0.15, -0.1) is 0 Å². The van der Waals surface area contributed by atoms with Gasteiger partial charge in [0, 0.05) is 18.1 Å². The number of aliphatic hydroxyl groups is 1. The molecule has 3 nitrogen and oxygen atoms in total. The molecular formula is C17H15NO2. The first-order chi connectivity index (χ1) is 9.86. The quantitative estimate of drug-likeness (QED) is 0.784. The van der Waals surface area contributed by atoms with Gasteiger partial charge >= 0.3 is 0 Å². The first kappa shape index (κ1) is 12.6. The van der Waals surface area contributed by atoms with Crippen LogP contribution in [-0.2, 0) is 6.42 Å². The fourth-order valence-electron chi connectivity index (χ4n) is 2.15. The number of aliphatic hydroxyl groups excluding tert-OH is 1. The first-order valence-electron chi connectivity index (χ1n) is 6.59. The number of pyridine rings is 1. The van der Waals surface area contributed by atoms with Gasteiger partial charge in [-0.1, -0.05) is 36.4 Å². The molecule has 0 spiro atoms. The van der Waals surface area contributed by atoms with Crippen molar-refractivity contribution in [2.45, 2.75) is 6.42 Å². The van der Waals surface area contributed by atoms with Crippen molar-refractivity contribution in [3.63, 3.8) is 0 Å². The molecular weight excluding hydrogens is 250 g/mol. The normalized spacial score (nSPS) is 10.7. The summed E-state index contributed by atoms with van der Waals surface area (Å²) in [6.07, 6.45) is 0.573. The average Bonchev–Trinajstić information content (AvgIpc) is 2.49. The summed E-state index contributed by atoms with van der Waals surface area (Å²) in [6.45, 7) is 0.103. The second-order valence-corrected chi connectivity index (χ2v) is 4.53. The van der Waals surface area contributed by atoms with Crippen molar-refractivity contribution in [3.8, 4) is 11.6 Å². The third-order valence-corrected chi connectivity index (χ3v) is 3.14.